The number of hydrogen-bond acceptors (Lipinski definition) is 3. The lowest BCUT2D eigenvalue weighted by Crippen LogP contribution is -2.55. The first-order valence-corrected chi connectivity index (χ1v) is 7.97. The van der Waals surface area contributed by atoms with Crippen molar-refractivity contribution in [2.45, 2.75) is 6.42 Å². The molecule has 7 heteroatoms. The number of amides is 4. The number of urea groups is 2. The van der Waals surface area contributed by atoms with Crippen LogP contribution in [0.2, 0.25) is 0 Å². The van der Waals surface area contributed by atoms with E-state index in [0.29, 0.717) is 32.7 Å². The van der Waals surface area contributed by atoms with Crippen molar-refractivity contribution in [1.82, 2.24) is 20.0 Å². The molecular formula is C14H22N4O2S. The first-order chi connectivity index (χ1) is 10.1. The highest BCUT2D eigenvalue weighted by Gasteiger charge is 2.24. The lowest BCUT2D eigenvalue weighted by Gasteiger charge is -2.35. The van der Waals surface area contributed by atoms with Crippen molar-refractivity contribution in [3.05, 3.63) is 22.4 Å². The topological polar surface area (TPSA) is 55.9 Å². The Hall–Kier alpha value is -1.76. The van der Waals surface area contributed by atoms with Crippen LogP contribution in [0.4, 0.5) is 9.59 Å². The van der Waals surface area contributed by atoms with Crippen molar-refractivity contribution in [1.29, 1.82) is 0 Å². The second-order valence-corrected chi connectivity index (χ2v) is 6.24. The fourth-order valence-corrected chi connectivity index (χ4v) is 2.95. The molecule has 4 amide bonds. The Bertz CT molecular complexity index is 467. The van der Waals surface area contributed by atoms with E-state index in [4.69, 9.17) is 0 Å². The molecule has 0 radical (unpaired) electrons. The van der Waals surface area contributed by atoms with Gasteiger partial charge in [0.2, 0.25) is 0 Å². The molecule has 1 fully saturated rings. The molecule has 6 nitrogen and oxygen atoms in total. The SMILES string of the molecule is CN(C)C(=O)N1CCN(C(=O)NCCc2cccs2)CC1. The third-order valence-corrected chi connectivity index (χ3v) is 4.38. The first-order valence-electron chi connectivity index (χ1n) is 7.09. The maximum Gasteiger partial charge on any atom is 0.319 e. The van der Waals surface area contributed by atoms with Crippen LogP contribution in [0.15, 0.2) is 17.5 Å². The van der Waals surface area contributed by atoms with E-state index < -0.39 is 0 Å². The van der Waals surface area contributed by atoms with Crippen LogP contribution < -0.4 is 5.32 Å². The van der Waals surface area contributed by atoms with Crippen molar-refractivity contribution in [3.63, 3.8) is 0 Å². The molecule has 2 heterocycles. The van der Waals surface area contributed by atoms with Gasteiger partial charge in [-0.25, -0.2) is 9.59 Å². The summed E-state index contributed by atoms with van der Waals surface area (Å²) in [5.41, 5.74) is 0. The van der Waals surface area contributed by atoms with Gasteiger partial charge in [0.05, 0.1) is 0 Å². The molecule has 1 saturated heterocycles. The fourth-order valence-electron chi connectivity index (χ4n) is 2.24. The van der Waals surface area contributed by atoms with Crippen LogP contribution >= 0.6 is 11.3 Å². The zero-order valence-electron chi connectivity index (χ0n) is 12.5. The molecule has 1 aromatic heterocycles. The number of carbonyl (C=O) groups is 2. The van der Waals surface area contributed by atoms with Gasteiger partial charge in [0, 0.05) is 51.7 Å². The predicted octanol–water partition coefficient (Wildman–Crippen LogP) is 1.30. The van der Waals surface area contributed by atoms with E-state index in [1.54, 1.807) is 40.1 Å². The third-order valence-electron chi connectivity index (χ3n) is 3.45. The summed E-state index contributed by atoms with van der Waals surface area (Å²) in [6.07, 6.45) is 0.864. The van der Waals surface area contributed by atoms with E-state index in [0.717, 1.165) is 6.42 Å². The average Bonchev–Trinajstić information content (AvgIpc) is 2.99. The van der Waals surface area contributed by atoms with Crippen LogP contribution in [0.25, 0.3) is 0 Å². The minimum atomic E-state index is -0.0384. The monoisotopic (exact) mass is 310 g/mol. The second kappa shape index (κ2) is 7.31. The molecule has 1 aliphatic heterocycles. The minimum absolute atomic E-state index is 0.00718. The van der Waals surface area contributed by atoms with Gasteiger partial charge in [-0.15, -0.1) is 11.3 Å². The van der Waals surface area contributed by atoms with Crippen molar-refractivity contribution >= 4 is 23.4 Å². The molecule has 1 aliphatic rings. The summed E-state index contributed by atoms with van der Waals surface area (Å²) >= 11 is 1.70. The fraction of sp³-hybridized carbons (Fsp3) is 0.571. The van der Waals surface area contributed by atoms with Gasteiger partial charge in [0.25, 0.3) is 0 Å². The molecule has 21 heavy (non-hydrogen) atoms. The Morgan fingerprint density at radius 1 is 1.24 bits per heavy atom. The Morgan fingerprint density at radius 2 is 1.90 bits per heavy atom. The van der Waals surface area contributed by atoms with Gasteiger partial charge < -0.3 is 20.0 Å². The molecule has 0 bridgehead atoms. The number of nitrogens with zero attached hydrogens (tertiary/aromatic N) is 3. The van der Waals surface area contributed by atoms with Gasteiger partial charge in [-0.2, -0.15) is 0 Å². The zero-order valence-corrected chi connectivity index (χ0v) is 13.4. The van der Waals surface area contributed by atoms with Crippen molar-refractivity contribution in [2.24, 2.45) is 0 Å². The predicted molar refractivity (Wildman–Crippen MR) is 83.7 cm³/mol. The van der Waals surface area contributed by atoms with E-state index in [9.17, 15) is 9.59 Å². The number of rotatable bonds is 3. The van der Waals surface area contributed by atoms with E-state index >= 15 is 0 Å². The van der Waals surface area contributed by atoms with Crippen LogP contribution in [0.3, 0.4) is 0 Å². The summed E-state index contributed by atoms with van der Waals surface area (Å²) in [5, 5.41) is 4.98. The number of hydrogen-bond donors (Lipinski definition) is 1. The minimum Gasteiger partial charge on any atom is -0.338 e. The van der Waals surface area contributed by atoms with Crippen LogP contribution in [0, 0.1) is 0 Å². The summed E-state index contributed by atoms with van der Waals surface area (Å²) in [6.45, 7) is 3.01. The Kier molecular flexibility index (Phi) is 5.44. The smallest absolute Gasteiger partial charge is 0.319 e. The lowest BCUT2D eigenvalue weighted by molar-refractivity contribution is 0.129. The van der Waals surface area contributed by atoms with Crippen LogP contribution in [-0.4, -0.2) is 73.6 Å². The summed E-state index contributed by atoms with van der Waals surface area (Å²) < 4.78 is 0. The van der Waals surface area contributed by atoms with Crippen molar-refractivity contribution in [2.75, 3.05) is 46.8 Å². The average molecular weight is 310 g/mol. The van der Waals surface area contributed by atoms with Gasteiger partial charge >= 0.3 is 12.1 Å². The van der Waals surface area contributed by atoms with Crippen molar-refractivity contribution < 1.29 is 9.59 Å². The molecule has 0 aliphatic carbocycles. The molecule has 1 N–H and O–H groups in total. The first kappa shape index (κ1) is 15.6. The number of piperazine rings is 1. The molecule has 2 rings (SSSR count). The number of thiophene rings is 1. The summed E-state index contributed by atoms with van der Waals surface area (Å²) in [7, 11) is 3.48. The highest BCUT2D eigenvalue weighted by atomic mass is 32.1. The van der Waals surface area contributed by atoms with Crippen LogP contribution in [0.5, 0.6) is 0 Å². The molecule has 0 spiro atoms. The Balaban J connectivity index is 1.69. The summed E-state index contributed by atoms with van der Waals surface area (Å²) in [4.78, 5) is 30.2. The van der Waals surface area contributed by atoms with E-state index in [1.807, 2.05) is 11.4 Å². The largest absolute Gasteiger partial charge is 0.338 e. The van der Waals surface area contributed by atoms with Crippen LogP contribution in [-0.2, 0) is 6.42 Å². The normalized spacial score (nSPS) is 15.0. The summed E-state index contributed by atoms with van der Waals surface area (Å²) in [5.74, 6) is 0. The molecular weight excluding hydrogens is 288 g/mol. The van der Waals surface area contributed by atoms with Crippen LogP contribution in [0.1, 0.15) is 4.88 Å². The highest BCUT2D eigenvalue weighted by Crippen LogP contribution is 2.08. The van der Waals surface area contributed by atoms with Crippen molar-refractivity contribution in [3.8, 4) is 0 Å². The van der Waals surface area contributed by atoms with Gasteiger partial charge in [-0.05, 0) is 17.9 Å². The van der Waals surface area contributed by atoms with Gasteiger partial charge in [-0.3, -0.25) is 0 Å². The standard InChI is InChI=1S/C14H22N4O2S/c1-16(2)14(20)18-9-7-17(8-10-18)13(19)15-6-5-12-4-3-11-21-12/h3-4,11H,5-10H2,1-2H3,(H,15,19). The maximum absolute atomic E-state index is 12.0. The molecule has 0 aromatic carbocycles. The highest BCUT2D eigenvalue weighted by molar-refractivity contribution is 7.09. The zero-order chi connectivity index (χ0) is 15.2. The van der Waals surface area contributed by atoms with Gasteiger partial charge in [0.1, 0.15) is 0 Å². The molecule has 1 aromatic rings. The summed E-state index contributed by atoms with van der Waals surface area (Å²) in [6, 6.07) is 4.06. The Morgan fingerprint density at radius 3 is 2.48 bits per heavy atom. The van der Waals surface area contributed by atoms with E-state index in [1.165, 1.54) is 4.88 Å². The quantitative estimate of drug-likeness (QED) is 0.915. The molecule has 0 saturated carbocycles. The molecule has 116 valence electrons. The van der Waals surface area contributed by atoms with E-state index in [-0.39, 0.29) is 12.1 Å². The number of nitrogens with one attached hydrogen (secondary N) is 1. The molecule has 0 unspecified atom stereocenters. The van der Waals surface area contributed by atoms with E-state index in [2.05, 4.69) is 11.4 Å². The number of carbonyl (C=O) groups excluding carboxylic acids is 2. The second-order valence-electron chi connectivity index (χ2n) is 5.21. The van der Waals surface area contributed by atoms with Gasteiger partial charge in [-0.1, -0.05) is 6.07 Å². The molecule has 0 atom stereocenters. The van der Waals surface area contributed by atoms with Gasteiger partial charge in [0.15, 0.2) is 0 Å². The lowest BCUT2D eigenvalue weighted by atomic mass is 10.3. The Labute approximate surface area is 129 Å². The third kappa shape index (κ3) is 4.35. The maximum atomic E-state index is 12.0.